The number of hydrogen-bond acceptors (Lipinski definition) is 4. The number of nitrogens with two attached hydrogens (primary N) is 2. The van der Waals surface area contributed by atoms with Crippen molar-refractivity contribution in [2.24, 2.45) is 5.73 Å². The molecule has 0 saturated heterocycles. The molecule has 7 nitrogen and oxygen atoms in total. The van der Waals surface area contributed by atoms with Crippen molar-refractivity contribution in [1.29, 1.82) is 0 Å². The van der Waals surface area contributed by atoms with Gasteiger partial charge >= 0.3 is 5.69 Å². The number of rotatable bonds is 1. The molecule has 0 bridgehead atoms. The molecule has 0 aliphatic carbocycles. The van der Waals surface area contributed by atoms with Crippen molar-refractivity contribution in [3.63, 3.8) is 0 Å². The molecule has 0 fully saturated rings. The smallest absolute Gasteiger partial charge is 0.347 e. The van der Waals surface area contributed by atoms with Crippen LogP contribution < -0.4 is 22.8 Å². The van der Waals surface area contributed by atoms with Crippen molar-refractivity contribution in [2.75, 3.05) is 5.84 Å². The summed E-state index contributed by atoms with van der Waals surface area (Å²) in [6.45, 7) is 0. The monoisotopic (exact) mass is 170 g/mol. The zero-order valence-electron chi connectivity index (χ0n) is 5.90. The van der Waals surface area contributed by atoms with Crippen LogP contribution in [0.1, 0.15) is 10.4 Å². The van der Waals surface area contributed by atoms with Crippen LogP contribution in [-0.4, -0.2) is 15.6 Å². The number of nitrogens with zero attached hydrogens (tertiary/aromatic N) is 1. The van der Waals surface area contributed by atoms with Crippen LogP contribution in [0.15, 0.2) is 15.8 Å². The number of carbonyl (C=O) groups excluding carboxylic acids is 1. The molecule has 64 valence electrons. The van der Waals surface area contributed by atoms with Crippen LogP contribution in [-0.2, 0) is 0 Å². The summed E-state index contributed by atoms with van der Waals surface area (Å²) in [7, 11) is 0. The van der Waals surface area contributed by atoms with Crippen molar-refractivity contribution in [1.82, 2.24) is 9.66 Å². The lowest BCUT2D eigenvalue weighted by Crippen LogP contribution is -2.43. The van der Waals surface area contributed by atoms with Crippen LogP contribution >= 0.6 is 0 Å². The van der Waals surface area contributed by atoms with Gasteiger partial charge in [0.25, 0.3) is 11.5 Å². The molecule has 7 heteroatoms. The second-order valence-corrected chi connectivity index (χ2v) is 2.05. The Kier molecular flexibility index (Phi) is 1.70. The molecule has 0 unspecified atom stereocenters. The number of H-pyrrole nitrogens is 1. The summed E-state index contributed by atoms with van der Waals surface area (Å²) in [6, 6.07) is 0. The summed E-state index contributed by atoms with van der Waals surface area (Å²) in [4.78, 5) is 34.2. The van der Waals surface area contributed by atoms with E-state index in [1.54, 1.807) is 0 Å². The number of hydrogen-bond donors (Lipinski definition) is 3. The molecule has 0 atom stereocenters. The topological polar surface area (TPSA) is 124 Å². The van der Waals surface area contributed by atoms with Crippen LogP contribution in [0, 0.1) is 0 Å². The lowest BCUT2D eigenvalue weighted by Gasteiger charge is -1.96. The molecule has 1 heterocycles. The van der Waals surface area contributed by atoms with E-state index in [2.05, 4.69) is 4.98 Å². The van der Waals surface area contributed by atoms with Gasteiger partial charge in [-0.25, -0.2) is 4.79 Å². The molecule has 12 heavy (non-hydrogen) atoms. The molecule has 1 aromatic heterocycles. The molecule has 0 spiro atoms. The first-order valence-electron chi connectivity index (χ1n) is 2.93. The number of primary amides is 1. The molecule has 1 rings (SSSR count). The van der Waals surface area contributed by atoms with E-state index in [1.165, 1.54) is 0 Å². The Morgan fingerprint density at radius 2 is 2.08 bits per heavy atom. The fraction of sp³-hybridized carbons (Fsp3) is 0. The Labute approximate surface area is 65.6 Å². The van der Waals surface area contributed by atoms with E-state index in [4.69, 9.17) is 11.6 Å². The molecule has 0 aliphatic heterocycles. The summed E-state index contributed by atoms with van der Waals surface area (Å²) >= 11 is 0. The van der Waals surface area contributed by atoms with Crippen molar-refractivity contribution >= 4 is 5.91 Å². The Morgan fingerprint density at radius 1 is 1.50 bits per heavy atom. The van der Waals surface area contributed by atoms with Gasteiger partial charge in [0.05, 0.1) is 0 Å². The summed E-state index contributed by atoms with van der Waals surface area (Å²) in [5.74, 6) is 4.04. The summed E-state index contributed by atoms with van der Waals surface area (Å²) < 4.78 is 0.278. The molecular formula is C5H6N4O3. The number of aromatic nitrogens is 2. The number of nitrogen functional groups attached to an aromatic ring is 1. The van der Waals surface area contributed by atoms with Crippen molar-refractivity contribution in [2.45, 2.75) is 0 Å². The quantitative estimate of drug-likeness (QED) is 0.398. The number of nitrogens with one attached hydrogen (secondary N) is 1. The minimum atomic E-state index is -0.935. The fourth-order valence-electron chi connectivity index (χ4n) is 0.664. The van der Waals surface area contributed by atoms with Crippen LogP contribution in [0.4, 0.5) is 0 Å². The lowest BCUT2D eigenvalue weighted by atomic mass is 10.3. The first-order chi connectivity index (χ1) is 5.54. The maximum Gasteiger partial charge on any atom is 0.347 e. The van der Waals surface area contributed by atoms with Gasteiger partial charge in [0.1, 0.15) is 5.56 Å². The van der Waals surface area contributed by atoms with Gasteiger partial charge in [0.2, 0.25) is 0 Å². The van der Waals surface area contributed by atoms with E-state index in [0.29, 0.717) is 0 Å². The predicted octanol–water partition coefficient (Wildman–Crippen LogP) is -2.65. The maximum absolute atomic E-state index is 10.9. The van der Waals surface area contributed by atoms with E-state index in [1.807, 2.05) is 0 Å². The average molecular weight is 170 g/mol. The zero-order valence-corrected chi connectivity index (χ0v) is 5.90. The van der Waals surface area contributed by atoms with Crippen LogP contribution in [0.3, 0.4) is 0 Å². The summed E-state index contributed by atoms with van der Waals surface area (Å²) in [5.41, 5.74) is 2.74. The van der Waals surface area contributed by atoms with Gasteiger partial charge in [-0.15, -0.1) is 0 Å². The van der Waals surface area contributed by atoms with Gasteiger partial charge in [-0.1, -0.05) is 0 Å². The van der Waals surface area contributed by atoms with E-state index in [9.17, 15) is 14.4 Å². The third-order valence-electron chi connectivity index (χ3n) is 1.27. The third-order valence-corrected chi connectivity index (χ3v) is 1.27. The van der Waals surface area contributed by atoms with Gasteiger partial charge in [-0.05, 0) is 0 Å². The van der Waals surface area contributed by atoms with Crippen LogP contribution in [0.25, 0.3) is 0 Å². The third kappa shape index (κ3) is 1.07. The van der Waals surface area contributed by atoms with E-state index in [0.717, 1.165) is 6.20 Å². The lowest BCUT2D eigenvalue weighted by molar-refractivity contribution is 0.0998. The van der Waals surface area contributed by atoms with Gasteiger partial charge in [0, 0.05) is 6.20 Å². The highest BCUT2D eigenvalue weighted by molar-refractivity contribution is 5.91. The van der Waals surface area contributed by atoms with E-state index >= 15 is 0 Å². The summed E-state index contributed by atoms with van der Waals surface area (Å²) in [5, 5.41) is 0. The van der Waals surface area contributed by atoms with Gasteiger partial charge in [0.15, 0.2) is 0 Å². The highest BCUT2D eigenvalue weighted by Gasteiger charge is 2.08. The maximum atomic E-state index is 10.9. The number of aromatic amines is 1. The first kappa shape index (κ1) is 8.05. The molecule has 1 aromatic rings. The van der Waals surface area contributed by atoms with Crippen molar-refractivity contribution < 1.29 is 4.79 Å². The normalized spacial score (nSPS) is 9.67. The number of amides is 1. The molecular weight excluding hydrogens is 164 g/mol. The fourth-order valence-corrected chi connectivity index (χ4v) is 0.664. The SMILES string of the molecule is NC(=O)c1c[nH]c(=O)n(N)c1=O. The van der Waals surface area contributed by atoms with E-state index in [-0.39, 0.29) is 10.2 Å². The van der Waals surface area contributed by atoms with Crippen LogP contribution in [0.5, 0.6) is 0 Å². The largest absolute Gasteiger partial charge is 0.365 e. The number of carbonyl (C=O) groups is 1. The Morgan fingerprint density at radius 3 is 2.58 bits per heavy atom. The second kappa shape index (κ2) is 2.53. The molecule has 0 aromatic carbocycles. The Bertz CT molecular complexity index is 429. The molecule has 1 amide bonds. The molecule has 0 saturated carbocycles. The predicted molar refractivity (Wildman–Crippen MR) is 40.0 cm³/mol. The molecule has 5 N–H and O–H groups in total. The van der Waals surface area contributed by atoms with Crippen LogP contribution in [0.2, 0.25) is 0 Å². The van der Waals surface area contributed by atoms with Crippen molar-refractivity contribution in [3.8, 4) is 0 Å². The first-order valence-corrected chi connectivity index (χ1v) is 2.93. The highest BCUT2D eigenvalue weighted by atomic mass is 16.2. The summed E-state index contributed by atoms with van der Waals surface area (Å²) in [6.07, 6.45) is 0.927. The second-order valence-electron chi connectivity index (χ2n) is 2.05. The molecule has 0 aliphatic rings. The van der Waals surface area contributed by atoms with Gasteiger partial charge < -0.3 is 16.6 Å². The standard InChI is InChI=1S/C5H6N4O3/c6-3(10)2-1-8-5(12)9(7)4(2)11/h1H,7H2,(H2,6,10)(H,8,12). The minimum Gasteiger partial charge on any atom is -0.365 e. The Hall–Kier alpha value is -2.05. The molecule has 0 radical (unpaired) electrons. The van der Waals surface area contributed by atoms with Gasteiger partial charge in [-0.3, -0.25) is 9.59 Å². The zero-order chi connectivity index (χ0) is 9.30. The van der Waals surface area contributed by atoms with E-state index < -0.39 is 17.2 Å². The highest BCUT2D eigenvalue weighted by Crippen LogP contribution is 1.79. The Balaban J connectivity index is 3.58. The van der Waals surface area contributed by atoms with Gasteiger partial charge in [-0.2, -0.15) is 4.68 Å². The average Bonchev–Trinajstić information content (AvgIpc) is 2.00. The van der Waals surface area contributed by atoms with Crippen molar-refractivity contribution in [3.05, 3.63) is 32.6 Å². The minimum absolute atomic E-state index is 0.278.